The van der Waals surface area contributed by atoms with Crippen LogP contribution >= 0.6 is 0 Å². The van der Waals surface area contributed by atoms with Crippen LogP contribution in [0, 0.1) is 0 Å². The van der Waals surface area contributed by atoms with E-state index in [2.05, 4.69) is 47.2 Å². The van der Waals surface area contributed by atoms with Crippen molar-refractivity contribution >= 4 is 22.8 Å². The number of alkyl halides is 2. The highest BCUT2D eigenvalue weighted by atomic mass is 19.3. The highest BCUT2D eigenvalue weighted by molar-refractivity contribution is 5.72. The lowest BCUT2D eigenvalue weighted by molar-refractivity contribution is -0.0528. The van der Waals surface area contributed by atoms with E-state index in [0.29, 0.717) is 17.0 Å². The third-order valence-corrected chi connectivity index (χ3v) is 4.08. The molecule has 0 amide bonds. The van der Waals surface area contributed by atoms with Gasteiger partial charge in [-0.1, -0.05) is 13.0 Å². The molecule has 2 N–H and O–H groups in total. The summed E-state index contributed by atoms with van der Waals surface area (Å²) in [6, 6.07) is 5.12. The quantitative estimate of drug-likeness (QED) is 0.502. The average molecular weight is 386 g/mol. The minimum absolute atomic E-state index is 0.0489. The van der Waals surface area contributed by atoms with Gasteiger partial charge in [0.2, 0.25) is 5.88 Å². The van der Waals surface area contributed by atoms with E-state index >= 15 is 0 Å². The van der Waals surface area contributed by atoms with Crippen LogP contribution in [0.5, 0.6) is 5.88 Å². The van der Waals surface area contributed by atoms with Crippen molar-refractivity contribution in [2.75, 3.05) is 5.32 Å². The van der Waals surface area contributed by atoms with Crippen molar-refractivity contribution in [3.05, 3.63) is 48.5 Å². The highest BCUT2D eigenvalue weighted by Crippen LogP contribution is 2.25. The first-order chi connectivity index (χ1) is 13.6. The van der Waals surface area contributed by atoms with Gasteiger partial charge in [0.05, 0.1) is 18.4 Å². The number of nitrogens with zero attached hydrogens (tertiary/aromatic N) is 6. The summed E-state index contributed by atoms with van der Waals surface area (Å²) in [5, 5.41) is 13.6. The van der Waals surface area contributed by atoms with Crippen LogP contribution in [0.15, 0.2) is 43.0 Å². The Morgan fingerprint density at radius 1 is 1.25 bits per heavy atom. The van der Waals surface area contributed by atoms with E-state index in [1.54, 1.807) is 23.3 Å². The Balaban J connectivity index is 1.63. The van der Waals surface area contributed by atoms with Crippen molar-refractivity contribution in [2.24, 2.45) is 0 Å². The maximum absolute atomic E-state index is 12.3. The molecule has 0 fully saturated rings. The molecule has 0 bridgehead atoms. The first-order valence-electron chi connectivity index (χ1n) is 8.51. The maximum atomic E-state index is 12.3. The van der Waals surface area contributed by atoms with Crippen LogP contribution in [0.25, 0.3) is 11.2 Å². The van der Waals surface area contributed by atoms with Gasteiger partial charge >= 0.3 is 6.61 Å². The molecule has 28 heavy (non-hydrogen) atoms. The molecule has 0 aromatic carbocycles. The number of nitrogens with one attached hydrogen (secondary N) is 2. The summed E-state index contributed by atoms with van der Waals surface area (Å²) in [5.74, 6) is 0.513. The number of anilines is 2. The minimum atomic E-state index is -2.93. The van der Waals surface area contributed by atoms with Gasteiger partial charge in [0.15, 0.2) is 17.3 Å². The zero-order valence-electron chi connectivity index (χ0n) is 14.8. The predicted molar refractivity (Wildman–Crippen MR) is 96.5 cm³/mol. The molecule has 0 aliphatic carbocycles. The number of aromatic amines is 1. The van der Waals surface area contributed by atoms with E-state index in [9.17, 15) is 8.78 Å². The molecule has 4 aromatic rings. The molecule has 1 atom stereocenters. The fraction of sp³-hybridized carbons (Fsp3) is 0.235. The van der Waals surface area contributed by atoms with Crippen molar-refractivity contribution in [1.82, 2.24) is 34.9 Å². The molecule has 9 nitrogen and oxygen atoms in total. The molecule has 0 spiro atoms. The summed E-state index contributed by atoms with van der Waals surface area (Å²) in [6.07, 6.45) is 7.46. The van der Waals surface area contributed by atoms with Gasteiger partial charge in [0.25, 0.3) is 0 Å². The van der Waals surface area contributed by atoms with E-state index in [4.69, 9.17) is 0 Å². The van der Waals surface area contributed by atoms with Gasteiger partial charge in [-0.25, -0.2) is 19.7 Å². The first kappa shape index (κ1) is 17.8. The number of pyridine rings is 1. The van der Waals surface area contributed by atoms with E-state index in [-0.39, 0.29) is 17.7 Å². The molecule has 0 aliphatic heterocycles. The molecule has 1 unspecified atom stereocenters. The third-order valence-electron chi connectivity index (χ3n) is 4.08. The SMILES string of the molecule is CCC(c1cccnc1)n1ncc2ncc(Nc3cc(OC(F)F)[nH]n3)nc21. The third kappa shape index (κ3) is 3.59. The van der Waals surface area contributed by atoms with Crippen LogP contribution < -0.4 is 10.1 Å². The van der Waals surface area contributed by atoms with Crippen LogP contribution in [0.1, 0.15) is 24.9 Å². The molecule has 0 saturated heterocycles. The van der Waals surface area contributed by atoms with E-state index in [0.717, 1.165) is 12.0 Å². The van der Waals surface area contributed by atoms with Crippen LogP contribution in [0.3, 0.4) is 0 Å². The Bertz CT molecular complexity index is 1070. The number of H-pyrrole nitrogens is 1. The van der Waals surface area contributed by atoms with Crippen molar-refractivity contribution in [1.29, 1.82) is 0 Å². The van der Waals surface area contributed by atoms with Crippen LogP contribution in [-0.2, 0) is 0 Å². The number of ether oxygens (including phenoxy) is 1. The lowest BCUT2D eigenvalue weighted by atomic mass is 10.1. The summed E-state index contributed by atoms with van der Waals surface area (Å²) in [4.78, 5) is 13.1. The Labute approximate surface area is 157 Å². The molecule has 4 heterocycles. The highest BCUT2D eigenvalue weighted by Gasteiger charge is 2.17. The molecular formula is C17H16F2N8O. The van der Waals surface area contributed by atoms with Gasteiger partial charge in [-0.15, -0.1) is 0 Å². The lowest BCUT2D eigenvalue weighted by Crippen LogP contribution is -2.12. The zero-order valence-corrected chi connectivity index (χ0v) is 14.8. The van der Waals surface area contributed by atoms with Gasteiger partial charge in [-0.05, 0) is 18.1 Å². The summed E-state index contributed by atoms with van der Waals surface area (Å²) in [7, 11) is 0. The second kappa shape index (κ2) is 7.55. The molecule has 11 heteroatoms. The van der Waals surface area contributed by atoms with E-state index in [1.807, 2.05) is 12.1 Å². The number of halogens is 2. The van der Waals surface area contributed by atoms with Gasteiger partial charge < -0.3 is 10.1 Å². The fourth-order valence-electron chi connectivity index (χ4n) is 2.89. The molecular weight excluding hydrogens is 370 g/mol. The minimum Gasteiger partial charge on any atom is -0.417 e. The van der Waals surface area contributed by atoms with Crippen LogP contribution in [0.4, 0.5) is 20.4 Å². The van der Waals surface area contributed by atoms with E-state index < -0.39 is 6.61 Å². The average Bonchev–Trinajstić information content (AvgIpc) is 3.30. The Hall–Kier alpha value is -3.63. The second-order valence-electron chi connectivity index (χ2n) is 5.88. The van der Waals surface area contributed by atoms with Crippen molar-refractivity contribution < 1.29 is 13.5 Å². The molecule has 0 saturated carbocycles. The monoisotopic (exact) mass is 386 g/mol. The standard InChI is InChI=1S/C17H16F2N8O/c1-2-12(10-4-3-5-20-7-10)27-16-11(8-22-27)21-9-14(24-16)23-13-6-15(26-25-13)28-17(18)19/h3-9,12,17H,2H2,1H3,(H2,23,24,25,26). The first-order valence-corrected chi connectivity index (χ1v) is 8.51. The summed E-state index contributed by atoms with van der Waals surface area (Å²) >= 11 is 0. The van der Waals surface area contributed by atoms with Gasteiger partial charge in [0.1, 0.15) is 5.52 Å². The lowest BCUT2D eigenvalue weighted by Gasteiger charge is -2.16. The van der Waals surface area contributed by atoms with Crippen molar-refractivity contribution in [3.63, 3.8) is 0 Å². The predicted octanol–water partition coefficient (Wildman–Crippen LogP) is 3.29. The van der Waals surface area contributed by atoms with Crippen LogP contribution in [0.2, 0.25) is 0 Å². The van der Waals surface area contributed by atoms with Crippen LogP contribution in [-0.4, -0.2) is 41.5 Å². The van der Waals surface area contributed by atoms with Crippen molar-refractivity contribution in [3.8, 4) is 5.88 Å². The summed E-state index contributed by atoms with van der Waals surface area (Å²) in [5.41, 5.74) is 2.23. The Morgan fingerprint density at radius 2 is 2.14 bits per heavy atom. The zero-order chi connectivity index (χ0) is 19.5. The number of rotatable bonds is 7. The molecule has 4 rings (SSSR count). The smallest absolute Gasteiger partial charge is 0.388 e. The number of hydrogen-bond donors (Lipinski definition) is 2. The fourth-order valence-corrected chi connectivity index (χ4v) is 2.89. The summed E-state index contributed by atoms with van der Waals surface area (Å²) < 4.78 is 30.6. The number of aromatic nitrogens is 7. The number of fused-ring (bicyclic) bond motifs is 1. The van der Waals surface area contributed by atoms with Crippen molar-refractivity contribution in [2.45, 2.75) is 26.0 Å². The van der Waals surface area contributed by atoms with Gasteiger partial charge in [-0.2, -0.15) is 19.0 Å². The largest absolute Gasteiger partial charge is 0.417 e. The maximum Gasteiger partial charge on any atom is 0.388 e. The van der Waals surface area contributed by atoms with Gasteiger partial charge in [0, 0.05) is 18.5 Å². The molecule has 0 radical (unpaired) electrons. The number of hydrogen-bond acceptors (Lipinski definition) is 7. The topological polar surface area (TPSA) is 106 Å². The summed E-state index contributed by atoms with van der Waals surface area (Å²) in [6.45, 7) is -0.883. The Morgan fingerprint density at radius 3 is 2.89 bits per heavy atom. The molecule has 4 aromatic heterocycles. The van der Waals surface area contributed by atoms with E-state index in [1.165, 1.54) is 12.3 Å². The molecule has 144 valence electrons. The van der Waals surface area contributed by atoms with Gasteiger partial charge in [-0.3, -0.25) is 4.98 Å². The molecule has 0 aliphatic rings. The normalized spacial score (nSPS) is 12.4. The second-order valence-corrected chi connectivity index (χ2v) is 5.88. The Kier molecular flexibility index (Phi) is 4.79.